The fraction of sp³-hybridized carbons (Fsp3) is 0.308. The Balaban J connectivity index is 2.51. The van der Waals surface area contributed by atoms with Crippen molar-refractivity contribution in [3.8, 4) is 11.8 Å². The normalized spacial score (nSPS) is 9.00. The van der Waals surface area contributed by atoms with Crippen molar-refractivity contribution in [1.29, 1.82) is 0 Å². The number of amides is 1. The molecule has 0 aromatic carbocycles. The van der Waals surface area contributed by atoms with Crippen molar-refractivity contribution in [2.24, 2.45) is 0 Å². The number of pyridine rings is 1. The smallest absolute Gasteiger partial charge is 0.356 e. The van der Waals surface area contributed by atoms with Gasteiger partial charge in [0.25, 0.3) is 0 Å². The Morgan fingerprint density at radius 2 is 2.22 bits per heavy atom. The summed E-state index contributed by atoms with van der Waals surface area (Å²) in [6.07, 6.45) is 2.08. The van der Waals surface area contributed by atoms with Crippen LogP contribution in [0.2, 0.25) is 0 Å². The number of methoxy groups -OCH3 is 1. The summed E-state index contributed by atoms with van der Waals surface area (Å²) < 4.78 is 4.53. The molecule has 0 atom stereocenters. The van der Waals surface area contributed by atoms with Gasteiger partial charge in [0, 0.05) is 31.6 Å². The molecule has 0 saturated carbocycles. The van der Waals surface area contributed by atoms with E-state index in [4.69, 9.17) is 0 Å². The molecular weight excluding hydrogens is 232 g/mol. The van der Waals surface area contributed by atoms with Crippen molar-refractivity contribution in [1.82, 2.24) is 10.3 Å². The molecule has 0 aliphatic heterocycles. The molecule has 18 heavy (non-hydrogen) atoms. The third-order valence-electron chi connectivity index (χ3n) is 2.01. The molecule has 1 amide bonds. The van der Waals surface area contributed by atoms with Crippen LogP contribution in [-0.2, 0) is 9.53 Å². The molecule has 0 unspecified atom stereocenters. The Morgan fingerprint density at radius 1 is 1.44 bits per heavy atom. The lowest BCUT2D eigenvalue weighted by Gasteiger charge is -1.97. The molecule has 1 heterocycles. The molecule has 0 bridgehead atoms. The number of nitrogens with zero attached hydrogens (tertiary/aromatic N) is 1. The van der Waals surface area contributed by atoms with E-state index >= 15 is 0 Å². The van der Waals surface area contributed by atoms with Crippen molar-refractivity contribution in [3.05, 3.63) is 29.6 Å². The zero-order valence-corrected chi connectivity index (χ0v) is 10.3. The lowest BCUT2D eigenvalue weighted by molar-refractivity contribution is -0.118. The van der Waals surface area contributed by atoms with Gasteiger partial charge in [-0.3, -0.25) is 4.79 Å². The van der Waals surface area contributed by atoms with Gasteiger partial charge in [-0.05, 0) is 12.1 Å². The quantitative estimate of drug-likeness (QED) is 0.485. The maximum absolute atomic E-state index is 11.1. The Morgan fingerprint density at radius 3 is 2.78 bits per heavy atom. The molecule has 0 aliphatic rings. The van der Waals surface area contributed by atoms with Crippen molar-refractivity contribution >= 4 is 11.9 Å². The van der Waals surface area contributed by atoms with Gasteiger partial charge in [-0.25, -0.2) is 9.78 Å². The zero-order chi connectivity index (χ0) is 13.4. The van der Waals surface area contributed by atoms with Crippen LogP contribution < -0.4 is 5.32 Å². The number of carbonyl (C=O) groups is 2. The number of carbonyl (C=O) groups excluding carboxylic acids is 2. The fourth-order valence-electron chi connectivity index (χ4n) is 1.16. The van der Waals surface area contributed by atoms with Crippen LogP contribution in [0.4, 0.5) is 0 Å². The third-order valence-corrected chi connectivity index (χ3v) is 2.01. The van der Waals surface area contributed by atoms with E-state index in [0.29, 0.717) is 18.5 Å². The monoisotopic (exact) mass is 246 g/mol. The van der Waals surface area contributed by atoms with Crippen LogP contribution >= 0.6 is 0 Å². The second-order valence-electron chi connectivity index (χ2n) is 3.46. The Bertz CT molecular complexity index is 483. The van der Waals surface area contributed by atoms with Crippen molar-refractivity contribution < 1.29 is 14.3 Å². The minimum atomic E-state index is -0.472. The summed E-state index contributed by atoms with van der Waals surface area (Å²) in [6.45, 7) is 1.99. The van der Waals surface area contributed by atoms with Crippen LogP contribution in [0.3, 0.4) is 0 Å². The van der Waals surface area contributed by atoms with Gasteiger partial charge < -0.3 is 10.1 Å². The number of hydrogen-bond donors (Lipinski definition) is 1. The van der Waals surface area contributed by atoms with Crippen LogP contribution in [0.15, 0.2) is 18.3 Å². The highest BCUT2D eigenvalue weighted by Crippen LogP contribution is 2.00. The van der Waals surface area contributed by atoms with Crippen LogP contribution in [0.1, 0.15) is 29.4 Å². The number of nitrogens with one attached hydrogen (secondary N) is 1. The molecule has 0 aliphatic carbocycles. The van der Waals surface area contributed by atoms with Crippen molar-refractivity contribution in [2.45, 2.75) is 13.3 Å². The van der Waals surface area contributed by atoms with Gasteiger partial charge in [-0.15, -0.1) is 0 Å². The van der Waals surface area contributed by atoms with E-state index in [1.165, 1.54) is 20.2 Å². The molecule has 5 heteroatoms. The summed E-state index contributed by atoms with van der Waals surface area (Å²) in [6, 6.07) is 3.26. The lowest BCUT2D eigenvalue weighted by Crippen LogP contribution is -2.20. The maximum atomic E-state index is 11.1. The molecule has 1 aromatic heterocycles. The second-order valence-corrected chi connectivity index (χ2v) is 3.46. The largest absolute Gasteiger partial charge is 0.464 e. The average molecular weight is 246 g/mol. The molecule has 1 N–H and O–H groups in total. The molecule has 1 aromatic rings. The number of rotatable bonds is 3. The molecular formula is C13H14N2O3. The third kappa shape index (κ3) is 4.66. The van der Waals surface area contributed by atoms with E-state index in [1.54, 1.807) is 12.1 Å². The summed E-state index contributed by atoms with van der Waals surface area (Å²) in [7, 11) is 1.31. The first-order valence-corrected chi connectivity index (χ1v) is 5.41. The topological polar surface area (TPSA) is 68.3 Å². The van der Waals surface area contributed by atoms with Crippen molar-refractivity contribution in [2.75, 3.05) is 13.7 Å². The average Bonchev–Trinajstić information content (AvgIpc) is 2.38. The minimum Gasteiger partial charge on any atom is -0.464 e. The Labute approximate surface area is 106 Å². The molecule has 1 rings (SSSR count). The number of aromatic nitrogens is 1. The highest BCUT2D eigenvalue weighted by atomic mass is 16.5. The molecule has 94 valence electrons. The highest BCUT2D eigenvalue weighted by molar-refractivity contribution is 5.87. The number of hydrogen-bond acceptors (Lipinski definition) is 4. The fourth-order valence-corrected chi connectivity index (χ4v) is 1.16. The molecule has 0 saturated heterocycles. The minimum absolute atomic E-state index is 0.0686. The van der Waals surface area contributed by atoms with Crippen LogP contribution in [0, 0.1) is 11.8 Å². The first-order valence-electron chi connectivity index (χ1n) is 5.41. The molecule has 5 nitrogen and oxygen atoms in total. The van der Waals surface area contributed by atoms with Crippen LogP contribution in [-0.4, -0.2) is 30.5 Å². The summed E-state index contributed by atoms with van der Waals surface area (Å²) in [5.74, 6) is 5.24. The number of ether oxygens (including phenoxy) is 1. The van der Waals surface area contributed by atoms with E-state index in [1.807, 2.05) is 0 Å². The van der Waals surface area contributed by atoms with E-state index in [9.17, 15) is 9.59 Å². The molecule has 0 spiro atoms. The first kappa shape index (κ1) is 13.7. The van der Waals surface area contributed by atoms with E-state index < -0.39 is 5.97 Å². The van der Waals surface area contributed by atoms with Crippen LogP contribution in [0.25, 0.3) is 0 Å². The van der Waals surface area contributed by atoms with Gasteiger partial charge in [0.1, 0.15) is 5.69 Å². The summed E-state index contributed by atoms with van der Waals surface area (Å²) in [5, 5.41) is 2.65. The standard InChI is InChI=1S/C13H14N2O3/c1-10(16)14-8-4-3-5-11-6-7-12(15-9-11)13(17)18-2/h6-7,9H,4,8H2,1-2H3,(H,14,16). The Kier molecular flexibility index (Phi) is 5.39. The summed E-state index contributed by atoms with van der Waals surface area (Å²) >= 11 is 0. The molecule has 0 radical (unpaired) electrons. The van der Waals surface area contributed by atoms with Gasteiger partial charge in [0.15, 0.2) is 0 Å². The maximum Gasteiger partial charge on any atom is 0.356 e. The van der Waals surface area contributed by atoms with Gasteiger partial charge >= 0.3 is 5.97 Å². The second kappa shape index (κ2) is 7.07. The van der Waals surface area contributed by atoms with Gasteiger partial charge in [0.2, 0.25) is 5.91 Å². The SMILES string of the molecule is COC(=O)c1ccc(C#CCCNC(C)=O)cn1. The zero-order valence-electron chi connectivity index (χ0n) is 10.3. The van der Waals surface area contributed by atoms with E-state index in [2.05, 4.69) is 26.9 Å². The summed E-state index contributed by atoms with van der Waals surface area (Å²) in [5.41, 5.74) is 0.965. The van der Waals surface area contributed by atoms with Gasteiger partial charge in [-0.2, -0.15) is 0 Å². The van der Waals surface area contributed by atoms with Gasteiger partial charge in [-0.1, -0.05) is 11.8 Å². The predicted octanol–water partition coefficient (Wildman–Crippen LogP) is 0.746. The lowest BCUT2D eigenvalue weighted by atomic mass is 10.2. The first-order chi connectivity index (χ1) is 8.63. The highest BCUT2D eigenvalue weighted by Gasteiger charge is 2.04. The predicted molar refractivity (Wildman–Crippen MR) is 65.8 cm³/mol. The van der Waals surface area contributed by atoms with E-state index in [-0.39, 0.29) is 11.6 Å². The van der Waals surface area contributed by atoms with Crippen molar-refractivity contribution in [3.63, 3.8) is 0 Å². The molecule has 0 fully saturated rings. The summed E-state index contributed by atoms with van der Waals surface area (Å²) in [4.78, 5) is 25.7. The van der Waals surface area contributed by atoms with Crippen LogP contribution in [0.5, 0.6) is 0 Å². The number of esters is 1. The van der Waals surface area contributed by atoms with Gasteiger partial charge in [0.05, 0.1) is 7.11 Å². The van der Waals surface area contributed by atoms with E-state index in [0.717, 1.165) is 0 Å². The Hall–Kier alpha value is -2.35.